The van der Waals surface area contributed by atoms with Crippen LogP contribution in [0.1, 0.15) is 29.3 Å². The third kappa shape index (κ3) is 2.70. The van der Waals surface area contributed by atoms with E-state index < -0.39 is 39.3 Å². The number of nitro groups is 1. The van der Waals surface area contributed by atoms with Crippen molar-refractivity contribution < 1.29 is 23.2 Å². The highest BCUT2D eigenvalue weighted by atomic mass is 35.5. The highest BCUT2D eigenvalue weighted by molar-refractivity contribution is 6.34. The molecule has 0 saturated carbocycles. The molecule has 1 heterocycles. The Labute approximate surface area is 105 Å². The number of rotatable bonds is 4. The van der Waals surface area contributed by atoms with Crippen molar-refractivity contribution in [3.8, 4) is 0 Å². The van der Waals surface area contributed by atoms with Gasteiger partial charge in [0.05, 0.1) is 11.6 Å². The first-order valence-corrected chi connectivity index (χ1v) is 5.06. The van der Waals surface area contributed by atoms with Gasteiger partial charge in [0.25, 0.3) is 6.43 Å². The molecule has 0 aromatic carbocycles. The maximum atomic E-state index is 12.7. The Balaban J connectivity index is 3.39. The van der Waals surface area contributed by atoms with Gasteiger partial charge in [0.2, 0.25) is 0 Å². The van der Waals surface area contributed by atoms with Gasteiger partial charge in [-0.15, -0.1) is 0 Å². The van der Waals surface area contributed by atoms with Crippen molar-refractivity contribution in [1.82, 2.24) is 4.98 Å². The molecule has 0 saturated heterocycles. The average Bonchev–Trinajstić information content (AvgIpc) is 2.27. The van der Waals surface area contributed by atoms with Crippen LogP contribution in [0.3, 0.4) is 0 Å². The monoisotopic (exact) mass is 280 g/mol. The highest BCUT2D eigenvalue weighted by Crippen LogP contribution is 2.35. The molecule has 1 aromatic heterocycles. The van der Waals surface area contributed by atoms with Gasteiger partial charge in [0.15, 0.2) is 6.20 Å². The Kier molecular flexibility index (Phi) is 4.49. The Hall–Kier alpha value is -1.83. The third-order valence-corrected chi connectivity index (χ3v) is 2.32. The number of nitrogens with zero attached hydrogens (tertiary/aromatic N) is 2. The minimum atomic E-state index is -3.22. The molecule has 6 nitrogen and oxygen atoms in total. The molecule has 0 aliphatic rings. The summed E-state index contributed by atoms with van der Waals surface area (Å²) in [5.74, 6) is -2.05. The van der Waals surface area contributed by atoms with Gasteiger partial charge in [-0.2, -0.15) is 0 Å². The van der Waals surface area contributed by atoms with Crippen LogP contribution >= 0.6 is 11.6 Å². The van der Waals surface area contributed by atoms with Gasteiger partial charge >= 0.3 is 11.8 Å². The summed E-state index contributed by atoms with van der Waals surface area (Å²) < 4.78 is 30.0. The number of carbonyl (C=O) groups is 1. The average molecular weight is 281 g/mol. The fraction of sp³-hybridized carbons (Fsp3) is 0.333. The molecule has 1 aromatic rings. The zero-order chi connectivity index (χ0) is 13.9. The largest absolute Gasteiger partial charge is 0.462 e. The van der Waals surface area contributed by atoms with Gasteiger partial charge in [0.1, 0.15) is 11.1 Å². The number of hydrogen-bond acceptors (Lipinski definition) is 5. The van der Waals surface area contributed by atoms with Gasteiger partial charge in [0, 0.05) is 0 Å². The second-order valence-electron chi connectivity index (χ2n) is 3.00. The summed E-state index contributed by atoms with van der Waals surface area (Å²) in [6.07, 6.45) is -2.48. The standard InChI is InChI=1S/C9H7ClF2N2O4/c1-2-18-9(15)4-3-13-8(14(16)17)5(6(4)10)7(11)12/h3,7H,2H2,1H3. The molecule has 0 N–H and O–H groups in total. The van der Waals surface area contributed by atoms with Crippen LogP contribution in [-0.2, 0) is 4.74 Å². The Morgan fingerprint density at radius 3 is 2.72 bits per heavy atom. The van der Waals surface area contributed by atoms with Crippen LogP contribution in [0.25, 0.3) is 0 Å². The van der Waals surface area contributed by atoms with E-state index in [0.717, 1.165) is 6.20 Å². The lowest BCUT2D eigenvalue weighted by molar-refractivity contribution is -0.391. The van der Waals surface area contributed by atoms with Gasteiger partial charge in [-0.25, -0.2) is 13.6 Å². The van der Waals surface area contributed by atoms with Crippen molar-refractivity contribution >= 4 is 23.4 Å². The lowest BCUT2D eigenvalue weighted by Gasteiger charge is -2.07. The molecule has 0 fully saturated rings. The third-order valence-electron chi connectivity index (χ3n) is 1.92. The van der Waals surface area contributed by atoms with Crippen molar-refractivity contribution in [2.24, 2.45) is 0 Å². The molecule has 0 aliphatic heterocycles. The van der Waals surface area contributed by atoms with E-state index >= 15 is 0 Å². The van der Waals surface area contributed by atoms with E-state index in [0.29, 0.717) is 0 Å². The van der Waals surface area contributed by atoms with Gasteiger partial charge in [-0.3, -0.25) is 0 Å². The van der Waals surface area contributed by atoms with E-state index in [1.165, 1.54) is 6.92 Å². The number of alkyl halides is 2. The number of ether oxygens (including phenoxy) is 1. The van der Waals surface area contributed by atoms with Crippen molar-refractivity contribution in [3.05, 3.63) is 32.5 Å². The lowest BCUT2D eigenvalue weighted by Crippen LogP contribution is -2.09. The molecule has 0 atom stereocenters. The molecular weight excluding hydrogens is 274 g/mol. The smallest absolute Gasteiger partial charge is 0.373 e. The number of aromatic nitrogens is 1. The molecule has 1 rings (SSSR count). The normalized spacial score (nSPS) is 10.5. The summed E-state index contributed by atoms with van der Waals surface area (Å²) in [5.41, 5.74) is -1.52. The van der Waals surface area contributed by atoms with E-state index in [-0.39, 0.29) is 6.61 Å². The molecule has 18 heavy (non-hydrogen) atoms. The summed E-state index contributed by atoms with van der Waals surface area (Å²) in [4.78, 5) is 24.0. The number of esters is 1. The minimum Gasteiger partial charge on any atom is -0.462 e. The Bertz CT molecular complexity index is 496. The van der Waals surface area contributed by atoms with Crippen molar-refractivity contribution in [2.45, 2.75) is 13.3 Å². The summed E-state index contributed by atoms with van der Waals surface area (Å²) in [5, 5.41) is 9.80. The van der Waals surface area contributed by atoms with E-state index in [1.54, 1.807) is 0 Å². The predicted molar refractivity (Wildman–Crippen MR) is 56.8 cm³/mol. The quantitative estimate of drug-likeness (QED) is 0.481. The second-order valence-corrected chi connectivity index (χ2v) is 3.38. The topological polar surface area (TPSA) is 82.3 Å². The molecule has 0 radical (unpaired) electrons. The first kappa shape index (κ1) is 14.2. The lowest BCUT2D eigenvalue weighted by atomic mass is 10.2. The van der Waals surface area contributed by atoms with E-state index in [2.05, 4.69) is 9.72 Å². The molecule has 9 heteroatoms. The summed E-state index contributed by atoms with van der Waals surface area (Å²) >= 11 is 5.56. The molecule has 0 aliphatic carbocycles. The molecule has 0 amide bonds. The molecule has 98 valence electrons. The number of halogens is 3. The van der Waals surface area contributed by atoms with Gasteiger partial charge in [-0.1, -0.05) is 11.6 Å². The van der Waals surface area contributed by atoms with Crippen LogP contribution < -0.4 is 0 Å². The van der Waals surface area contributed by atoms with Crippen LogP contribution in [0.4, 0.5) is 14.6 Å². The predicted octanol–water partition coefficient (Wildman–Crippen LogP) is 2.76. The molecule has 0 bridgehead atoms. The fourth-order valence-corrected chi connectivity index (χ4v) is 1.48. The highest BCUT2D eigenvalue weighted by Gasteiger charge is 2.31. The van der Waals surface area contributed by atoms with Gasteiger partial charge in [-0.05, 0) is 16.8 Å². The zero-order valence-electron chi connectivity index (χ0n) is 9.02. The van der Waals surface area contributed by atoms with Crippen LogP contribution in [0, 0.1) is 10.1 Å². The molecule has 0 unspecified atom stereocenters. The van der Waals surface area contributed by atoms with E-state index in [9.17, 15) is 23.7 Å². The fourth-order valence-electron chi connectivity index (χ4n) is 1.19. The van der Waals surface area contributed by atoms with Crippen LogP contribution in [0.5, 0.6) is 0 Å². The molecule has 0 spiro atoms. The Morgan fingerprint density at radius 2 is 2.28 bits per heavy atom. The number of hydrogen-bond donors (Lipinski definition) is 0. The minimum absolute atomic E-state index is 0.0101. The summed E-state index contributed by atoms with van der Waals surface area (Å²) in [7, 11) is 0. The number of pyridine rings is 1. The SMILES string of the molecule is CCOC(=O)c1cnc([N+](=O)[O-])c(C(F)F)c1Cl. The Morgan fingerprint density at radius 1 is 1.67 bits per heavy atom. The van der Waals surface area contributed by atoms with Crippen molar-refractivity contribution in [2.75, 3.05) is 6.61 Å². The second kappa shape index (κ2) is 5.67. The summed E-state index contributed by atoms with van der Waals surface area (Å²) in [6.45, 7) is 1.52. The van der Waals surface area contributed by atoms with Crippen LogP contribution in [0.2, 0.25) is 5.02 Å². The van der Waals surface area contributed by atoms with E-state index in [1.807, 2.05) is 0 Å². The first-order valence-electron chi connectivity index (χ1n) is 4.68. The van der Waals surface area contributed by atoms with Crippen molar-refractivity contribution in [3.63, 3.8) is 0 Å². The van der Waals surface area contributed by atoms with Crippen LogP contribution in [-0.4, -0.2) is 22.5 Å². The first-order chi connectivity index (χ1) is 8.40. The maximum Gasteiger partial charge on any atom is 0.373 e. The van der Waals surface area contributed by atoms with Crippen molar-refractivity contribution in [1.29, 1.82) is 0 Å². The summed E-state index contributed by atoms with van der Waals surface area (Å²) in [6, 6.07) is 0. The molecular formula is C9H7ClF2N2O4. The van der Waals surface area contributed by atoms with Crippen LogP contribution in [0.15, 0.2) is 6.20 Å². The zero-order valence-corrected chi connectivity index (χ0v) is 9.78. The van der Waals surface area contributed by atoms with Gasteiger partial charge < -0.3 is 14.9 Å². The van der Waals surface area contributed by atoms with E-state index in [4.69, 9.17) is 11.6 Å². The number of carbonyl (C=O) groups excluding carboxylic acids is 1. The maximum absolute atomic E-state index is 12.7.